The fourth-order valence-corrected chi connectivity index (χ4v) is 2.28. The fourth-order valence-electron chi connectivity index (χ4n) is 2.28. The third-order valence-electron chi connectivity index (χ3n) is 3.11. The summed E-state index contributed by atoms with van der Waals surface area (Å²) in [6.07, 6.45) is -2.89. The number of ether oxygens (including phenoxy) is 2. The van der Waals surface area contributed by atoms with Gasteiger partial charge in [-0.2, -0.15) is 0 Å². The van der Waals surface area contributed by atoms with E-state index in [2.05, 4.69) is 0 Å². The molecule has 0 amide bonds. The average molecular weight is 302 g/mol. The summed E-state index contributed by atoms with van der Waals surface area (Å²) < 4.78 is 9.62. The van der Waals surface area contributed by atoms with Crippen LogP contribution in [0.2, 0.25) is 0 Å². The molecule has 0 aliphatic heterocycles. The molecule has 0 aromatic heterocycles. The monoisotopic (exact) mass is 302 g/mol. The molecular weight excluding hydrogens is 288 g/mol. The van der Waals surface area contributed by atoms with Gasteiger partial charge in [-0.1, -0.05) is 24.3 Å². The van der Waals surface area contributed by atoms with Crippen molar-refractivity contribution in [3.63, 3.8) is 0 Å². The van der Waals surface area contributed by atoms with Crippen LogP contribution in [0.4, 0.5) is 9.59 Å². The first-order chi connectivity index (χ1) is 10.4. The zero-order chi connectivity index (χ0) is 16.3. The second-order valence-electron chi connectivity index (χ2n) is 4.63. The molecule has 0 saturated heterocycles. The number of carbonyl (C=O) groups is 2. The van der Waals surface area contributed by atoms with Crippen LogP contribution in [0.15, 0.2) is 36.4 Å². The Labute approximate surface area is 126 Å². The predicted molar refractivity (Wildman–Crippen MR) is 78.7 cm³/mol. The molecule has 114 valence electrons. The van der Waals surface area contributed by atoms with Gasteiger partial charge in [0.05, 0.1) is 0 Å². The number of hydrogen-bond acceptors (Lipinski definition) is 4. The van der Waals surface area contributed by atoms with Gasteiger partial charge in [0, 0.05) is 11.1 Å². The van der Waals surface area contributed by atoms with Crippen LogP contribution >= 0.6 is 0 Å². The highest BCUT2D eigenvalue weighted by Gasteiger charge is 2.19. The number of benzene rings is 2. The summed E-state index contributed by atoms with van der Waals surface area (Å²) in [7, 11) is 0. The molecule has 2 N–H and O–H groups in total. The van der Waals surface area contributed by atoms with Crippen molar-refractivity contribution in [2.45, 2.75) is 13.8 Å². The second kappa shape index (κ2) is 6.17. The van der Waals surface area contributed by atoms with Crippen LogP contribution in [0, 0.1) is 13.8 Å². The van der Waals surface area contributed by atoms with E-state index in [-0.39, 0.29) is 11.5 Å². The van der Waals surface area contributed by atoms with E-state index in [9.17, 15) is 9.59 Å². The number of carboxylic acid groups (broad SMARTS) is 2. The van der Waals surface area contributed by atoms with Crippen LogP contribution in [0.1, 0.15) is 11.1 Å². The van der Waals surface area contributed by atoms with E-state index in [1.807, 2.05) is 0 Å². The Bertz CT molecular complexity index is 672. The molecule has 2 rings (SSSR count). The summed E-state index contributed by atoms with van der Waals surface area (Å²) in [5, 5.41) is 17.7. The molecule has 6 heteroatoms. The van der Waals surface area contributed by atoms with Gasteiger partial charge in [-0.15, -0.1) is 0 Å². The quantitative estimate of drug-likeness (QED) is 0.655. The number of hydrogen-bond donors (Lipinski definition) is 2. The van der Waals surface area contributed by atoms with E-state index in [1.54, 1.807) is 38.1 Å². The summed E-state index contributed by atoms with van der Waals surface area (Å²) >= 11 is 0. The van der Waals surface area contributed by atoms with E-state index in [1.165, 1.54) is 12.1 Å². The maximum Gasteiger partial charge on any atom is 0.511 e. The van der Waals surface area contributed by atoms with Gasteiger partial charge in [0.25, 0.3) is 0 Å². The normalized spacial score (nSPS) is 10.1. The molecule has 0 bridgehead atoms. The van der Waals surface area contributed by atoms with Gasteiger partial charge in [-0.05, 0) is 37.1 Å². The molecule has 0 aliphatic rings. The predicted octanol–water partition coefficient (Wildman–Crippen LogP) is 4.08. The van der Waals surface area contributed by atoms with Crippen LogP contribution in [-0.2, 0) is 0 Å². The number of rotatable bonds is 3. The maximum atomic E-state index is 10.9. The average Bonchev–Trinajstić information content (AvgIpc) is 2.40. The smallest absolute Gasteiger partial charge is 0.449 e. The molecule has 0 atom stereocenters. The molecule has 0 heterocycles. The van der Waals surface area contributed by atoms with Crippen molar-refractivity contribution >= 4 is 12.3 Å². The van der Waals surface area contributed by atoms with Gasteiger partial charge in [-0.3, -0.25) is 0 Å². The Kier molecular flexibility index (Phi) is 4.31. The Morgan fingerprint density at radius 3 is 1.45 bits per heavy atom. The summed E-state index contributed by atoms with van der Waals surface area (Å²) in [5.41, 5.74) is 2.45. The minimum Gasteiger partial charge on any atom is -0.449 e. The van der Waals surface area contributed by atoms with Gasteiger partial charge < -0.3 is 19.7 Å². The fraction of sp³-hybridized carbons (Fsp3) is 0.125. The van der Waals surface area contributed by atoms with Crippen molar-refractivity contribution in [1.82, 2.24) is 0 Å². The minimum absolute atomic E-state index is 0.122. The van der Waals surface area contributed by atoms with Crippen molar-refractivity contribution in [2.75, 3.05) is 0 Å². The first-order valence-electron chi connectivity index (χ1n) is 6.41. The van der Waals surface area contributed by atoms with E-state index in [4.69, 9.17) is 19.7 Å². The molecule has 0 fully saturated rings. The SMILES string of the molecule is Cc1cccc(OC(=O)O)c1-c1c(C)cccc1OC(=O)O. The number of aryl methyl sites for hydroxylation is 2. The summed E-state index contributed by atoms with van der Waals surface area (Å²) in [6, 6.07) is 9.89. The molecule has 6 nitrogen and oxygen atoms in total. The van der Waals surface area contributed by atoms with Crippen molar-refractivity contribution in [3.05, 3.63) is 47.5 Å². The van der Waals surface area contributed by atoms with Crippen LogP contribution < -0.4 is 9.47 Å². The molecule has 0 unspecified atom stereocenters. The largest absolute Gasteiger partial charge is 0.511 e. The Hall–Kier alpha value is -3.02. The van der Waals surface area contributed by atoms with Gasteiger partial charge in [-0.25, -0.2) is 9.59 Å². The van der Waals surface area contributed by atoms with Crippen molar-refractivity contribution < 1.29 is 29.3 Å². The van der Waals surface area contributed by atoms with Crippen LogP contribution in [0.25, 0.3) is 11.1 Å². The second-order valence-corrected chi connectivity index (χ2v) is 4.63. The molecule has 2 aromatic rings. The first-order valence-corrected chi connectivity index (χ1v) is 6.41. The zero-order valence-corrected chi connectivity index (χ0v) is 12.0. The van der Waals surface area contributed by atoms with E-state index >= 15 is 0 Å². The van der Waals surface area contributed by atoms with E-state index in [0.717, 1.165) is 11.1 Å². The highest BCUT2D eigenvalue weighted by atomic mass is 16.7. The van der Waals surface area contributed by atoms with Crippen LogP contribution in [0.3, 0.4) is 0 Å². The van der Waals surface area contributed by atoms with Crippen molar-refractivity contribution in [3.8, 4) is 22.6 Å². The molecular formula is C16H14O6. The van der Waals surface area contributed by atoms with Crippen molar-refractivity contribution in [1.29, 1.82) is 0 Å². The molecule has 2 aromatic carbocycles. The van der Waals surface area contributed by atoms with Crippen molar-refractivity contribution in [2.24, 2.45) is 0 Å². The Balaban J connectivity index is 2.70. The first kappa shape index (κ1) is 15.4. The molecule has 0 radical (unpaired) electrons. The Morgan fingerprint density at radius 1 is 0.773 bits per heavy atom. The molecule has 0 aliphatic carbocycles. The van der Waals surface area contributed by atoms with Gasteiger partial charge in [0.15, 0.2) is 0 Å². The lowest BCUT2D eigenvalue weighted by molar-refractivity contribution is 0.142. The van der Waals surface area contributed by atoms with Gasteiger partial charge in [0.1, 0.15) is 11.5 Å². The molecule has 0 saturated carbocycles. The Morgan fingerprint density at radius 2 is 1.14 bits per heavy atom. The summed E-state index contributed by atoms with van der Waals surface area (Å²) in [6.45, 7) is 3.56. The van der Waals surface area contributed by atoms with Gasteiger partial charge in [0.2, 0.25) is 0 Å². The van der Waals surface area contributed by atoms with E-state index < -0.39 is 12.3 Å². The summed E-state index contributed by atoms with van der Waals surface area (Å²) in [4.78, 5) is 21.7. The topological polar surface area (TPSA) is 93.1 Å². The third-order valence-corrected chi connectivity index (χ3v) is 3.11. The summed E-state index contributed by atoms with van der Waals surface area (Å²) in [5.74, 6) is 0.245. The zero-order valence-electron chi connectivity index (χ0n) is 12.0. The third kappa shape index (κ3) is 3.17. The maximum absolute atomic E-state index is 10.9. The van der Waals surface area contributed by atoms with Crippen LogP contribution in [-0.4, -0.2) is 22.5 Å². The van der Waals surface area contributed by atoms with E-state index in [0.29, 0.717) is 11.1 Å². The lowest BCUT2D eigenvalue weighted by atomic mass is 9.95. The molecule has 0 spiro atoms. The highest BCUT2D eigenvalue weighted by molar-refractivity contribution is 5.84. The highest BCUT2D eigenvalue weighted by Crippen LogP contribution is 2.41. The van der Waals surface area contributed by atoms with Crippen LogP contribution in [0.5, 0.6) is 11.5 Å². The standard InChI is InChI=1S/C16H14O6/c1-9-5-3-7-11(21-15(17)18)13(9)14-10(2)6-4-8-12(14)22-16(19)20/h3-8H,1-2H3,(H,17,18)(H,19,20). The molecule has 22 heavy (non-hydrogen) atoms. The lowest BCUT2D eigenvalue weighted by Gasteiger charge is -2.16. The lowest BCUT2D eigenvalue weighted by Crippen LogP contribution is -2.07. The van der Waals surface area contributed by atoms with Gasteiger partial charge >= 0.3 is 12.3 Å². The minimum atomic E-state index is -1.44.